The van der Waals surface area contributed by atoms with E-state index in [-0.39, 0.29) is 5.91 Å². The lowest BCUT2D eigenvalue weighted by atomic mass is 9.91. The molecule has 2 aromatic rings. The first-order chi connectivity index (χ1) is 10.2. The molecular formula is C17H14N2O2. The molecule has 0 radical (unpaired) electrons. The van der Waals surface area contributed by atoms with E-state index in [4.69, 9.17) is 4.74 Å². The highest BCUT2D eigenvalue weighted by molar-refractivity contribution is 6.35. The number of nitrogens with zero attached hydrogens (tertiary/aromatic N) is 2. The first kappa shape index (κ1) is 12.1. The van der Waals surface area contributed by atoms with Crippen molar-refractivity contribution in [2.75, 3.05) is 19.1 Å². The van der Waals surface area contributed by atoms with E-state index in [9.17, 15) is 4.79 Å². The Bertz CT molecular complexity index is 780. The number of aliphatic imine (C=N–C) groups is 1. The van der Waals surface area contributed by atoms with Crippen LogP contribution in [0.2, 0.25) is 0 Å². The van der Waals surface area contributed by atoms with E-state index in [1.165, 1.54) is 0 Å². The predicted molar refractivity (Wildman–Crippen MR) is 81.1 cm³/mol. The van der Waals surface area contributed by atoms with Crippen molar-refractivity contribution in [3.8, 4) is 5.75 Å². The van der Waals surface area contributed by atoms with Gasteiger partial charge in [-0.05, 0) is 35.9 Å². The summed E-state index contributed by atoms with van der Waals surface area (Å²) in [6.07, 6.45) is 0. The Kier molecular flexibility index (Phi) is 2.28. The highest BCUT2D eigenvalue weighted by atomic mass is 16.5. The summed E-state index contributed by atoms with van der Waals surface area (Å²) in [5.41, 5.74) is 2.93. The first-order valence-electron chi connectivity index (χ1n) is 6.81. The number of fused-ring (bicyclic) bond motifs is 2. The van der Waals surface area contributed by atoms with Gasteiger partial charge in [-0.1, -0.05) is 18.2 Å². The predicted octanol–water partition coefficient (Wildman–Crippen LogP) is 2.37. The van der Waals surface area contributed by atoms with E-state index in [0.717, 1.165) is 28.3 Å². The zero-order chi connectivity index (χ0) is 14.6. The molecule has 4 rings (SSSR count). The van der Waals surface area contributed by atoms with E-state index in [0.29, 0.717) is 0 Å². The molecule has 2 aromatic carbocycles. The van der Waals surface area contributed by atoms with Gasteiger partial charge in [0.2, 0.25) is 5.54 Å². The summed E-state index contributed by atoms with van der Waals surface area (Å²) in [6.45, 7) is 0. The van der Waals surface area contributed by atoms with Crippen molar-refractivity contribution in [1.82, 2.24) is 0 Å². The second kappa shape index (κ2) is 3.95. The van der Waals surface area contributed by atoms with Crippen LogP contribution < -0.4 is 9.64 Å². The van der Waals surface area contributed by atoms with Gasteiger partial charge in [-0.25, -0.2) is 0 Å². The van der Waals surface area contributed by atoms with Crippen LogP contribution in [0.1, 0.15) is 11.1 Å². The van der Waals surface area contributed by atoms with Gasteiger partial charge < -0.3 is 9.64 Å². The van der Waals surface area contributed by atoms with Crippen LogP contribution in [0.25, 0.3) is 0 Å². The zero-order valence-corrected chi connectivity index (χ0v) is 11.8. The van der Waals surface area contributed by atoms with Gasteiger partial charge in [-0.15, -0.1) is 0 Å². The van der Waals surface area contributed by atoms with E-state index in [1.807, 2.05) is 48.5 Å². The standard InChI is InChI=1S/C17H14N2O2/c1-19-14-6-4-3-5-13(14)17(16(19)20)15(18-17)11-7-9-12(21-2)10-8-11/h3-10H,1-2H3. The van der Waals surface area contributed by atoms with Gasteiger partial charge >= 0.3 is 0 Å². The Morgan fingerprint density at radius 3 is 2.52 bits per heavy atom. The smallest absolute Gasteiger partial charge is 0.265 e. The molecule has 2 aliphatic heterocycles. The topological polar surface area (TPSA) is 41.9 Å². The van der Waals surface area contributed by atoms with E-state index in [1.54, 1.807) is 19.1 Å². The van der Waals surface area contributed by atoms with E-state index < -0.39 is 5.54 Å². The summed E-state index contributed by atoms with van der Waals surface area (Å²) in [4.78, 5) is 18.9. The van der Waals surface area contributed by atoms with Crippen molar-refractivity contribution in [1.29, 1.82) is 0 Å². The number of amides is 1. The third-order valence-corrected chi connectivity index (χ3v) is 4.21. The maximum absolute atomic E-state index is 12.6. The number of methoxy groups -OCH3 is 1. The maximum atomic E-state index is 12.6. The molecule has 4 heteroatoms. The normalized spacial score (nSPS) is 22.3. The molecule has 1 unspecified atom stereocenters. The minimum absolute atomic E-state index is 0.0227. The minimum Gasteiger partial charge on any atom is -0.497 e. The number of hydrogen-bond acceptors (Lipinski definition) is 3. The van der Waals surface area contributed by atoms with Gasteiger partial charge in [0.15, 0.2) is 0 Å². The number of likely N-dealkylation sites (N-methyl/N-ethyl adjacent to an activating group) is 1. The molecule has 21 heavy (non-hydrogen) atoms. The molecule has 0 aromatic heterocycles. The fourth-order valence-electron chi connectivity index (χ4n) is 3.04. The number of hydrogen-bond donors (Lipinski definition) is 0. The van der Waals surface area contributed by atoms with Gasteiger partial charge in [-0.2, -0.15) is 0 Å². The van der Waals surface area contributed by atoms with Crippen molar-refractivity contribution < 1.29 is 9.53 Å². The molecule has 0 N–H and O–H groups in total. The summed E-state index contributed by atoms with van der Waals surface area (Å²) >= 11 is 0. The first-order valence-corrected chi connectivity index (χ1v) is 6.81. The van der Waals surface area contributed by atoms with E-state index >= 15 is 0 Å². The molecule has 1 spiro atoms. The average Bonchev–Trinajstić information content (AvgIpc) is 3.26. The Hall–Kier alpha value is -2.62. The second-order valence-electron chi connectivity index (χ2n) is 5.28. The van der Waals surface area contributed by atoms with Crippen molar-refractivity contribution in [3.63, 3.8) is 0 Å². The lowest BCUT2D eigenvalue weighted by molar-refractivity contribution is -0.119. The summed E-state index contributed by atoms with van der Waals surface area (Å²) in [7, 11) is 3.44. The Morgan fingerprint density at radius 1 is 1.10 bits per heavy atom. The summed E-state index contributed by atoms with van der Waals surface area (Å²) < 4.78 is 5.17. The highest BCUT2D eigenvalue weighted by Gasteiger charge is 2.62. The van der Waals surface area contributed by atoms with Crippen LogP contribution in [-0.4, -0.2) is 25.8 Å². The molecular weight excluding hydrogens is 264 g/mol. The number of rotatable bonds is 2. The summed E-state index contributed by atoms with van der Waals surface area (Å²) in [5, 5.41) is 0. The number of benzene rings is 2. The maximum Gasteiger partial charge on any atom is 0.265 e. The van der Waals surface area contributed by atoms with Gasteiger partial charge in [0, 0.05) is 18.3 Å². The quantitative estimate of drug-likeness (QED) is 0.846. The number of anilines is 1. The van der Waals surface area contributed by atoms with Crippen molar-refractivity contribution >= 4 is 17.3 Å². The number of ether oxygens (including phenoxy) is 1. The molecule has 2 aliphatic rings. The molecule has 0 saturated carbocycles. The molecule has 4 nitrogen and oxygen atoms in total. The van der Waals surface area contributed by atoms with Gasteiger partial charge in [0.05, 0.1) is 12.8 Å². The molecule has 1 atom stereocenters. The molecule has 0 bridgehead atoms. The average molecular weight is 278 g/mol. The van der Waals surface area contributed by atoms with Crippen molar-refractivity contribution in [3.05, 3.63) is 59.7 Å². The van der Waals surface area contributed by atoms with Crippen molar-refractivity contribution in [2.45, 2.75) is 5.54 Å². The summed E-state index contributed by atoms with van der Waals surface area (Å²) in [5.74, 6) is 0.818. The Balaban J connectivity index is 1.76. The van der Waals surface area contributed by atoms with Crippen molar-refractivity contribution in [2.24, 2.45) is 4.99 Å². The number of para-hydroxylation sites is 1. The van der Waals surface area contributed by atoms with Crippen LogP contribution in [0.15, 0.2) is 53.5 Å². The lowest BCUT2D eigenvalue weighted by Gasteiger charge is -2.09. The number of carbonyl (C=O) groups excluding carboxylic acids is 1. The van der Waals surface area contributed by atoms with Crippen LogP contribution >= 0.6 is 0 Å². The monoisotopic (exact) mass is 278 g/mol. The molecule has 0 fully saturated rings. The number of carbonyl (C=O) groups is 1. The largest absolute Gasteiger partial charge is 0.497 e. The molecule has 2 heterocycles. The van der Waals surface area contributed by atoms with Gasteiger partial charge in [0.25, 0.3) is 5.91 Å². The van der Waals surface area contributed by atoms with Crippen LogP contribution in [0.3, 0.4) is 0 Å². The molecule has 0 aliphatic carbocycles. The Labute approximate surface area is 122 Å². The third kappa shape index (κ3) is 1.44. The summed E-state index contributed by atoms with van der Waals surface area (Å²) in [6, 6.07) is 15.5. The zero-order valence-electron chi connectivity index (χ0n) is 11.8. The van der Waals surface area contributed by atoms with Crippen LogP contribution in [0.4, 0.5) is 5.69 Å². The SMILES string of the molecule is COc1ccc(C2=NC23C(=O)N(C)c2ccccc23)cc1. The molecule has 1 amide bonds. The van der Waals surface area contributed by atoms with Crippen LogP contribution in [0.5, 0.6) is 5.75 Å². The fourth-order valence-corrected chi connectivity index (χ4v) is 3.04. The van der Waals surface area contributed by atoms with Crippen LogP contribution in [-0.2, 0) is 10.3 Å². The molecule has 104 valence electrons. The Morgan fingerprint density at radius 2 is 1.81 bits per heavy atom. The second-order valence-corrected chi connectivity index (χ2v) is 5.28. The fraction of sp³-hybridized carbons (Fsp3) is 0.176. The van der Waals surface area contributed by atoms with E-state index in [2.05, 4.69) is 4.99 Å². The third-order valence-electron chi connectivity index (χ3n) is 4.21. The van der Waals surface area contributed by atoms with Gasteiger partial charge in [0.1, 0.15) is 5.75 Å². The lowest BCUT2D eigenvalue weighted by Crippen LogP contribution is -2.32. The highest BCUT2D eigenvalue weighted by Crippen LogP contribution is 2.52. The van der Waals surface area contributed by atoms with Crippen LogP contribution in [0, 0.1) is 0 Å². The van der Waals surface area contributed by atoms with Gasteiger partial charge in [-0.3, -0.25) is 9.79 Å². The minimum atomic E-state index is -0.792. The molecule has 0 saturated heterocycles.